The highest BCUT2D eigenvalue weighted by Gasteiger charge is 2.17. The standard InChI is InChI=1S/C20H22FNO4/c1-2-26-18-10-5-15(6-11-18)7-12-19(23)22(14-20(24)25)13-16-3-8-17(21)9-4-16/h3-6,8-11H,2,7,12-14H2,1H3,(H,24,25). The molecule has 1 N–H and O–H groups in total. The van der Waals surface area contributed by atoms with E-state index >= 15 is 0 Å². The van der Waals surface area contributed by atoms with Gasteiger partial charge in [0.2, 0.25) is 5.91 Å². The number of ether oxygens (including phenoxy) is 1. The van der Waals surface area contributed by atoms with E-state index in [1.807, 2.05) is 31.2 Å². The van der Waals surface area contributed by atoms with Crippen molar-refractivity contribution in [3.63, 3.8) is 0 Å². The fraction of sp³-hybridized carbons (Fsp3) is 0.300. The van der Waals surface area contributed by atoms with E-state index in [0.29, 0.717) is 18.6 Å². The van der Waals surface area contributed by atoms with Crippen molar-refractivity contribution in [2.75, 3.05) is 13.2 Å². The number of benzene rings is 2. The summed E-state index contributed by atoms with van der Waals surface area (Å²) in [4.78, 5) is 24.8. The van der Waals surface area contributed by atoms with Gasteiger partial charge in [0.15, 0.2) is 0 Å². The van der Waals surface area contributed by atoms with E-state index in [1.54, 1.807) is 12.1 Å². The van der Waals surface area contributed by atoms with Gasteiger partial charge >= 0.3 is 5.97 Å². The number of aryl methyl sites for hydroxylation is 1. The van der Waals surface area contributed by atoms with Gasteiger partial charge in [0.1, 0.15) is 18.1 Å². The van der Waals surface area contributed by atoms with Crippen LogP contribution < -0.4 is 4.74 Å². The molecule has 5 nitrogen and oxygen atoms in total. The number of halogens is 1. The third-order valence-corrected chi connectivity index (χ3v) is 3.83. The lowest BCUT2D eigenvalue weighted by molar-refractivity contribution is -0.144. The van der Waals surface area contributed by atoms with Crippen LogP contribution in [0.4, 0.5) is 4.39 Å². The summed E-state index contributed by atoms with van der Waals surface area (Å²) in [6, 6.07) is 13.1. The van der Waals surface area contributed by atoms with Crippen molar-refractivity contribution in [1.82, 2.24) is 4.90 Å². The minimum atomic E-state index is -1.08. The molecule has 6 heteroatoms. The molecule has 138 valence electrons. The second-order valence-corrected chi connectivity index (χ2v) is 5.85. The molecule has 0 atom stereocenters. The minimum absolute atomic E-state index is 0.134. The zero-order valence-electron chi connectivity index (χ0n) is 14.7. The van der Waals surface area contributed by atoms with Crippen molar-refractivity contribution in [3.05, 3.63) is 65.5 Å². The van der Waals surface area contributed by atoms with E-state index in [4.69, 9.17) is 9.84 Å². The van der Waals surface area contributed by atoms with Crippen molar-refractivity contribution in [3.8, 4) is 5.75 Å². The summed E-state index contributed by atoms with van der Waals surface area (Å²) in [7, 11) is 0. The highest BCUT2D eigenvalue weighted by Crippen LogP contribution is 2.14. The van der Waals surface area contributed by atoms with Gasteiger partial charge in [0.25, 0.3) is 0 Å². The Kier molecular flexibility index (Phi) is 7.14. The average Bonchev–Trinajstić information content (AvgIpc) is 2.62. The molecule has 0 aliphatic carbocycles. The van der Waals surface area contributed by atoms with Crippen LogP contribution in [0.5, 0.6) is 5.75 Å². The maximum absolute atomic E-state index is 13.0. The zero-order valence-corrected chi connectivity index (χ0v) is 14.7. The topological polar surface area (TPSA) is 66.8 Å². The molecule has 0 bridgehead atoms. The van der Waals surface area contributed by atoms with Crippen LogP contribution in [0.2, 0.25) is 0 Å². The van der Waals surface area contributed by atoms with Gasteiger partial charge in [-0.05, 0) is 48.7 Å². The number of rotatable bonds is 9. The van der Waals surface area contributed by atoms with Gasteiger partial charge in [-0.3, -0.25) is 9.59 Å². The third kappa shape index (κ3) is 6.20. The first-order valence-corrected chi connectivity index (χ1v) is 8.43. The summed E-state index contributed by atoms with van der Waals surface area (Å²) in [5.41, 5.74) is 1.65. The number of nitrogens with zero attached hydrogens (tertiary/aromatic N) is 1. The maximum Gasteiger partial charge on any atom is 0.323 e. The predicted molar refractivity (Wildman–Crippen MR) is 95.4 cm³/mol. The molecule has 0 aromatic heterocycles. The van der Waals surface area contributed by atoms with E-state index in [9.17, 15) is 14.0 Å². The molecule has 0 fully saturated rings. The summed E-state index contributed by atoms with van der Waals surface area (Å²) in [5.74, 6) is -0.945. The van der Waals surface area contributed by atoms with Crippen LogP contribution in [0.3, 0.4) is 0 Å². The van der Waals surface area contributed by atoms with Crippen molar-refractivity contribution >= 4 is 11.9 Å². The van der Waals surface area contributed by atoms with E-state index in [0.717, 1.165) is 11.3 Å². The molecule has 26 heavy (non-hydrogen) atoms. The van der Waals surface area contributed by atoms with E-state index in [1.165, 1.54) is 17.0 Å². The Morgan fingerprint density at radius 2 is 1.65 bits per heavy atom. The van der Waals surface area contributed by atoms with Gasteiger partial charge in [-0.1, -0.05) is 24.3 Å². The number of carbonyl (C=O) groups excluding carboxylic acids is 1. The summed E-state index contributed by atoms with van der Waals surface area (Å²) >= 11 is 0. The van der Waals surface area contributed by atoms with Gasteiger partial charge in [0, 0.05) is 13.0 Å². The molecule has 1 amide bonds. The fourth-order valence-corrected chi connectivity index (χ4v) is 2.53. The lowest BCUT2D eigenvalue weighted by atomic mass is 10.1. The van der Waals surface area contributed by atoms with Crippen LogP contribution in [0, 0.1) is 5.82 Å². The van der Waals surface area contributed by atoms with Gasteiger partial charge < -0.3 is 14.7 Å². The summed E-state index contributed by atoms with van der Waals surface area (Å²) in [6.07, 6.45) is 0.702. The molecule has 2 rings (SSSR count). The number of carbonyl (C=O) groups is 2. The Balaban J connectivity index is 1.97. The average molecular weight is 359 g/mol. The van der Waals surface area contributed by atoms with Crippen molar-refractivity contribution in [2.24, 2.45) is 0 Å². The molecule has 0 aliphatic heterocycles. The van der Waals surface area contributed by atoms with Gasteiger partial charge in [-0.25, -0.2) is 4.39 Å². The summed E-state index contributed by atoms with van der Waals surface area (Å²) in [6.45, 7) is 2.24. The van der Waals surface area contributed by atoms with Gasteiger partial charge in [-0.2, -0.15) is 0 Å². The quantitative estimate of drug-likeness (QED) is 0.746. The third-order valence-electron chi connectivity index (χ3n) is 3.83. The summed E-state index contributed by atoms with van der Waals surface area (Å²) < 4.78 is 18.4. The van der Waals surface area contributed by atoms with Crippen LogP contribution in [0.25, 0.3) is 0 Å². The molecular weight excluding hydrogens is 337 g/mol. The second kappa shape index (κ2) is 9.56. The Bertz CT molecular complexity index is 728. The van der Waals surface area contributed by atoms with Crippen LogP contribution in [-0.4, -0.2) is 35.0 Å². The Morgan fingerprint density at radius 3 is 2.23 bits per heavy atom. The Labute approximate surface area is 152 Å². The first-order valence-electron chi connectivity index (χ1n) is 8.43. The Hall–Kier alpha value is -2.89. The van der Waals surface area contributed by atoms with Crippen LogP contribution in [0.1, 0.15) is 24.5 Å². The highest BCUT2D eigenvalue weighted by atomic mass is 19.1. The number of carboxylic acids is 1. The molecule has 0 unspecified atom stereocenters. The van der Waals surface area contributed by atoms with Gasteiger partial charge in [0.05, 0.1) is 6.61 Å². The molecule has 0 saturated carbocycles. The number of amides is 1. The first kappa shape index (κ1) is 19.4. The highest BCUT2D eigenvalue weighted by molar-refractivity contribution is 5.81. The van der Waals surface area contributed by atoms with Crippen molar-refractivity contribution in [1.29, 1.82) is 0 Å². The Morgan fingerprint density at radius 1 is 1.04 bits per heavy atom. The molecule has 2 aromatic carbocycles. The largest absolute Gasteiger partial charge is 0.494 e. The number of aliphatic carboxylic acids is 1. The first-order chi connectivity index (χ1) is 12.5. The monoisotopic (exact) mass is 359 g/mol. The maximum atomic E-state index is 13.0. The van der Waals surface area contributed by atoms with Gasteiger partial charge in [-0.15, -0.1) is 0 Å². The van der Waals surface area contributed by atoms with Crippen LogP contribution >= 0.6 is 0 Å². The number of carboxylic acid groups (broad SMARTS) is 1. The van der Waals surface area contributed by atoms with E-state index in [2.05, 4.69) is 0 Å². The smallest absolute Gasteiger partial charge is 0.323 e. The SMILES string of the molecule is CCOc1ccc(CCC(=O)N(CC(=O)O)Cc2ccc(F)cc2)cc1. The molecular formula is C20H22FNO4. The molecule has 0 saturated heterocycles. The minimum Gasteiger partial charge on any atom is -0.494 e. The molecule has 0 heterocycles. The lowest BCUT2D eigenvalue weighted by Crippen LogP contribution is -2.35. The fourth-order valence-electron chi connectivity index (χ4n) is 2.53. The second-order valence-electron chi connectivity index (χ2n) is 5.85. The molecule has 0 aliphatic rings. The van der Waals surface area contributed by atoms with Crippen LogP contribution in [0.15, 0.2) is 48.5 Å². The molecule has 0 spiro atoms. The van der Waals surface area contributed by atoms with E-state index in [-0.39, 0.29) is 31.2 Å². The normalized spacial score (nSPS) is 10.4. The number of hydrogen-bond acceptors (Lipinski definition) is 3. The zero-order chi connectivity index (χ0) is 18.9. The van der Waals surface area contributed by atoms with Crippen LogP contribution in [-0.2, 0) is 22.6 Å². The van der Waals surface area contributed by atoms with Crippen molar-refractivity contribution < 1.29 is 23.8 Å². The molecule has 2 aromatic rings. The number of hydrogen-bond donors (Lipinski definition) is 1. The molecule has 0 radical (unpaired) electrons. The van der Waals surface area contributed by atoms with Crippen molar-refractivity contribution in [2.45, 2.75) is 26.3 Å². The van der Waals surface area contributed by atoms with E-state index < -0.39 is 5.97 Å². The summed E-state index contributed by atoms with van der Waals surface area (Å²) in [5, 5.41) is 9.05. The lowest BCUT2D eigenvalue weighted by Gasteiger charge is -2.21. The predicted octanol–water partition coefficient (Wildman–Crippen LogP) is 3.27.